The standard InChI is InChI=1S/C26H37N5O4Si/c1-19(16-35-18-32)8-9-23-21(10-11-27)22-7-6-12-28-25(22)31(26(23)33)30-15-20(2)29-24(30)17-34-13-14-36(3,4)5/h6-7,12,15,19,32H,10-11,13-14,16-18,27H2,1-5H3/t19-/m1/s1. The summed E-state index contributed by atoms with van der Waals surface area (Å²) in [5, 5.41) is 9.73. The summed E-state index contributed by atoms with van der Waals surface area (Å²) >= 11 is 0. The van der Waals surface area contributed by atoms with Gasteiger partial charge in [0.1, 0.15) is 13.4 Å². The number of aliphatic hydroxyl groups is 1. The number of hydrogen-bond donors (Lipinski definition) is 2. The van der Waals surface area contributed by atoms with Gasteiger partial charge in [0, 0.05) is 32.2 Å². The molecule has 0 saturated heterocycles. The largest absolute Gasteiger partial charge is 0.374 e. The number of fused-ring (bicyclic) bond motifs is 1. The van der Waals surface area contributed by atoms with E-state index in [9.17, 15) is 4.79 Å². The number of pyridine rings is 2. The molecule has 3 rings (SSSR count). The Hall–Kier alpha value is -2.81. The summed E-state index contributed by atoms with van der Waals surface area (Å²) in [5.41, 5.74) is 8.03. The molecular formula is C26H37N5O4Si. The molecule has 0 fully saturated rings. The van der Waals surface area contributed by atoms with Gasteiger partial charge >= 0.3 is 0 Å². The number of rotatable bonds is 11. The maximum absolute atomic E-state index is 14.0. The lowest BCUT2D eigenvalue weighted by Crippen LogP contribution is -2.32. The summed E-state index contributed by atoms with van der Waals surface area (Å²) < 4.78 is 14.3. The van der Waals surface area contributed by atoms with Crippen LogP contribution in [0.4, 0.5) is 0 Å². The van der Waals surface area contributed by atoms with Gasteiger partial charge in [0.15, 0.2) is 11.5 Å². The smallest absolute Gasteiger partial charge is 0.287 e. The third-order valence-corrected chi connectivity index (χ3v) is 7.34. The minimum absolute atomic E-state index is 0.175. The first-order chi connectivity index (χ1) is 17.2. The molecule has 0 aliphatic rings. The fourth-order valence-electron chi connectivity index (χ4n) is 3.82. The SMILES string of the molecule is Cc1cn(-n2c(=O)c(C#C[C@@H](C)COCO)c(CCN)c3cccnc32)c(COCC[Si](C)(C)C)n1. The van der Waals surface area contributed by atoms with Crippen LogP contribution in [0.3, 0.4) is 0 Å². The highest BCUT2D eigenvalue weighted by atomic mass is 28.3. The molecule has 0 aliphatic carbocycles. The van der Waals surface area contributed by atoms with Crippen LogP contribution in [-0.2, 0) is 22.5 Å². The monoisotopic (exact) mass is 511 g/mol. The highest BCUT2D eigenvalue weighted by Gasteiger charge is 2.20. The predicted octanol–water partition coefficient (Wildman–Crippen LogP) is 2.52. The van der Waals surface area contributed by atoms with Crippen molar-refractivity contribution in [2.75, 3.05) is 26.6 Å². The molecule has 0 aromatic carbocycles. The van der Waals surface area contributed by atoms with E-state index in [0.717, 1.165) is 22.7 Å². The van der Waals surface area contributed by atoms with E-state index in [4.69, 9.17) is 20.3 Å². The second kappa shape index (κ2) is 12.4. The van der Waals surface area contributed by atoms with Crippen molar-refractivity contribution in [1.29, 1.82) is 0 Å². The first kappa shape index (κ1) is 27.8. The van der Waals surface area contributed by atoms with Crippen molar-refractivity contribution in [1.82, 2.24) is 19.3 Å². The van der Waals surface area contributed by atoms with Gasteiger partial charge in [0.2, 0.25) is 0 Å². The predicted molar refractivity (Wildman–Crippen MR) is 143 cm³/mol. The Morgan fingerprint density at radius 3 is 2.75 bits per heavy atom. The number of imidazole rings is 1. The van der Waals surface area contributed by atoms with Crippen molar-refractivity contribution in [3.05, 3.63) is 57.5 Å². The Kier molecular flexibility index (Phi) is 9.59. The van der Waals surface area contributed by atoms with Crippen LogP contribution in [0.25, 0.3) is 11.0 Å². The second-order valence-corrected chi connectivity index (χ2v) is 15.7. The van der Waals surface area contributed by atoms with Crippen molar-refractivity contribution in [3.63, 3.8) is 0 Å². The van der Waals surface area contributed by atoms with Crippen LogP contribution in [0.1, 0.15) is 29.6 Å². The molecule has 3 aromatic heterocycles. The van der Waals surface area contributed by atoms with E-state index in [0.29, 0.717) is 36.6 Å². The summed E-state index contributed by atoms with van der Waals surface area (Å²) in [6.07, 6.45) is 3.96. The van der Waals surface area contributed by atoms with E-state index in [1.807, 2.05) is 32.2 Å². The zero-order chi connectivity index (χ0) is 26.3. The fourth-order valence-corrected chi connectivity index (χ4v) is 4.57. The van der Waals surface area contributed by atoms with Crippen LogP contribution >= 0.6 is 0 Å². The van der Waals surface area contributed by atoms with Crippen LogP contribution in [0.2, 0.25) is 25.7 Å². The van der Waals surface area contributed by atoms with Gasteiger partial charge < -0.3 is 20.3 Å². The summed E-state index contributed by atoms with van der Waals surface area (Å²) in [4.78, 5) is 23.1. The van der Waals surface area contributed by atoms with Gasteiger partial charge in [-0.3, -0.25) is 4.79 Å². The van der Waals surface area contributed by atoms with Crippen LogP contribution in [0.5, 0.6) is 0 Å². The minimum Gasteiger partial charge on any atom is -0.374 e. The van der Waals surface area contributed by atoms with Gasteiger partial charge in [-0.2, -0.15) is 4.68 Å². The van der Waals surface area contributed by atoms with E-state index in [-0.39, 0.29) is 31.5 Å². The van der Waals surface area contributed by atoms with Crippen molar-refractivity contribution in [3.8, 4) is 11.8 Å². The highest BCUT2D eigenvalue weighted by molar-refractivity contribution is 6.76. The zero-order valence-electron chi connectivity index (χ0n) is 21.9. The molecule has 0 unspecified atom stereocenters. The maximum atomic E-state index is 14.0. The Labute approximate surface area is 213 Å². The van der Waals surface area contributed by atoms with E-state index < -0.39 is 8.07 Å². The lowest BCUT2D eigenvalue weighted by molar-refractivity contribution is -0.00864. The maximum Gasteiger partial charge on any atom is 0.287 e. The Bertz CT molecular complexity index is 1300. The summed E-state index contributed by atoms with van der Waals surface area (Å²) in [6.45, 7) is 11.9. The van der Waals surface area contributed by atoms with Crippen molar-refractivity contribution in [2.24, 2.45) is 11.7 Å². The molecular weight excluding hydrogens is 474 g/mol. The van der Waals surface area contributed by atoms with Crippen LogP contribution in [0.15, 0.2) is 29.3 Å². The average Bonchev–Trinajstić information content (AvgIpc) is 3.19. The van der Waals surface area contributed by atoms with Crippen LogP contribution in [0, 0.1) is 24.7 Å². The van der Waals surface area contributed by atoms with Gasteiger partial charge in [-0.25, -0.2) is 14.6 Å². The zero-order valence-corrected chi connectivity index (χ0v) is 22.9. The van der Waals surface area contributed by atoms with Gasteiger partial charge in [-0.05, 0) is 50.6 Å². The molecule has 3 aromatic rings. The molecule has 36 heavy (non-hydrogen) atoms. The van der Waals surface area contributed by atoms with Crippen LogP contribution in [-0.4, -0.2) is 59.1 Å². The first-order valence-electron chi connectivity index (χ1n) is 12.2. The molecule has 3 heterocycles. The molecule has 0 aliphatic heterocycles. The Morgan fingerprint density at radius 1 is 1.28 bits per heavy atom. The molecule has 0 spiro atoms. The third-order valence-electron chi connectivity index (χ3n) is 5.64. The molecule has 0 amide bonds. The first-order valence-corrected chi connectivity index (χ1v) is 15.9. The number of nitrogens with two attached hydrogens (primary N) is 1. The molecule has 1 atom stereocenters. The summed E-state index contributed by atoms with van der Waals surface area (Å²) in [5.74, 6) is 6.61. The van der Waals surface area contributed by atoms with E-state index in [1.165, 1.54) is 4.68 Å². The molecule has 0 radical (unpaired) electrons. The van der Waals surface area contributed by atoms with Gasteiger partial charge in [0.05, 0.1) is 24.1 Å². The lowest BCUT2D eigenvalue weighted by Gasteiger charge is -2.18. The molecule has 0 saturated carbocycles. The average molecular weight is 512 g/mol. The molecule has 9 nitrogen and oxygen atoms in total. The Balaban J connectivity index is 2.15. The lowest BCUT2D eigenvalue weighted by atomic mass is 10.0. The van der Waals surface area contributed by atoms with E-state index >= 15 is 0 Å². The molecule has 194 valence electrons. The van der Waals surface area contributed by atoms with E-state index in [1.54, 1.807) is 10.9 Å². The summed E-state index contributed by atoms with van der Waals surface area (Å²) in [6, 6.07) is 4.81. The fraction of sp³-hybridized carbons (Fsp3) is 0.500. The van der Waals surface area contributed by atoms with Crippen molar-refractivity contribution < 1.29 is 14.6 Å². The number of aryl methyl sites for hydroxylation is 1. The van der Waals surface area contributed by atoms with Gasteiger partial charge in [-0.1, -0.05) is 31.5 Å². The van der Waals surface area contributed by atoms with Crippen molar-refractivity contribution in [2.45, 2.75) is 52.6 Å². The number of ether oxygens (including phenoxy) is 2. The number of hydrogen-bond acceptors (Lipinski definition) is 7. The van der Waals surface area contributed by atoms with Crippen molar-refractivity contribution >= 4 is 19.1 Å². The number of aromatic nitrogens is 4. The minimum atomic E-state index is -1.23. The topological polar surface area (TPSA) is 117 Å². The number of aliphatic hydroxyl groups excluding tert-OH is 1. The molecule has 3 N–H and O–H groups in total. The molecule has 0 bridgehead atoms. The highest BCUT2D eigenvalue weighted by Crippen LogP contribution is 2.20. The van der Waals surface area contributed by atoms with Gasteiger partial charge in [0.25, 0.3) is 5.56 Å². The van der Waals surface area contributed by atoms with E-state index in [2.05, 4.69) is 41.4 Å². The third kappa shape index (κ3) is 6.90. The summed E-state index contributed by atoms with van der Waals surface area (Å²) in [7, 11) is -1.23. The van der Waals surface area contributed by atoms with Gasteiger partial charge in [-0.15, -0.1) is 0 Å². The van der Waals surface area contributed by atoms with Crippen LogP contribution < -0.4 is 11.3 Å². The Morgan fingerprint density at radius 2 is 2.06 bits per heavy atom. The second-order valence-electron chi connectivity index (χ2n) is 10.1. The molecule has 10 heteroatoms. The quantitative estimate of drug-likeness (QED) is 0.176. The number of nitrogens with zero attached hydrogens (tertiary/aromatic N) is 4. The normalized spacial score (nSPS) is 12.5.